The van der Waals surface area contributed by atoms with Crippen LogP contribution in [0.4, 0.5) is 10.5 Å². The lowest BCUT2D eigenvalue weighted by Gasteiger charge is -2.34. The van der Waals surface area contributed by atoms with Crippen molar-refractivity contribution in [2.24, 2.45) is 0 Å². The number of alkyl carbamates (subject to hydrolysis) is 1. The number of hydrogen-bond donors (Lipinski definition) is 2. The molecule has 0 aliphatic heterocycles. The molecule has 39 heavy (non-hydrogen) atoms. The largest absolute Gasteiger partial charge is 0.444 e. The SMILES string of the molecule is CCCCCCCN(C(=O)C(C)NC(=O)OC(C)(C)C)C(C(=O)Nc1c(C)cccc1C)c1ccccc1C. The molecule has 7 nitrogen and oxygen atoms in total. The van der Waals surface area contributed by atoms with E-state index in [9.17, 15) is 14.4 Å². The minimum absolute atomic E-state index is 0.284. The van der Waals surface area contributed by atoms with Crippen molar-refractivity contribution in [3.63, 3.8) is 0 Å². The Morgan fingerprint density at radius 1 is 0.872 bits per heavy atom. The molecular formula is C32H47N3O4. The van der Waals surface area contributed by atoms with Crippen LogP contribution in [-0.4, -0.2) is 41.0 Å². The van der Waals surface area contributed by atoms with Gasteiger partial charge in [-0.1, -0.05) is 75.1 Å². The Morgan fingerprint density at radius 2 is 1.46 bits per heavy atom. The summed E-state index contributed by atoms with van der Waals surface area (Å²) < 4.78 is 5.38. The maximum absolute atomic E-state index is 14.1. The Bertz CT molecular complexity index is 1100. The van der Waals surface area contributed by atoms with Gasteiger partial charge in [0.1, 0.15) is 17.7 Å². The van der Waals surface area contributed by atoms with Gasteiger partial charge >= 0.3 is 6.09 Å². The van der Waals surface area contributed by atoms with Crippen molar-refractivity contribution in [2.45, 2.75) is 105 Å². The van der Waals surface area contributed by atoms with Crippen molar-refractivity contribution >= 4 is 23.6 Å². The van der Waals surface area contributed by atoms with Crippen LogP contribution < -0.4 is 10.6 Å². The van der Waals surface area contributed by atoms with E-state index in [-0.39, 0.29) is 11.8 Å². The van der Waals surface area contributed by atoms with Gasteiger partial charge in [-0.2, -0.15) is 0 Å². The summed E-state index contributed by atoms with van der Waals surface area (Å²) in [5.74, 6) is -0.616. The van der Waals surface area contributed by atoms with Gasteiger partial charge in [-0.05, 0) is 77.1 Å². The van der Waals surface area contributed by atoms with Crippen LogP contribution in [0.5, 0.6) is 0 Å². The van der Waals surface area contributed by atoms with Gasteiger partial charge in [-0.25, -0.2) is 4.79 Å². The van der Waals surface area contributed by atoms with E-state index in [1.165, 1.54) is 0 Å². The van der Waals surface area contributed by atoms with Crippen LogP contribution in [0.25, 0.3) is 0 Å². The molecule has 0 heterocycles. The third-order valence-electron chi connectivity index (χ3n) is 6.66. The molecule has 2 aromatic carbocycles. The van der Waals surface area contributed by atoms with Gasteiger partial charge in [0.2, 0.25) is 5.91 Å². The topological polar surface area (TPSA) is 87.7 Å². The first-order chi connectivity index (χ1) is 18.4. The number of carbonyl (C=O) groups is 3. The van der Waals surface area contributed by atoms with Gasteiger partial charge < -0.3 is 20.3 Å². The number of nitrogens with one attached hydrogen (secondary N) is 2. The van der Waals surface area contributed by atoms with E-state index >= 15 is 0 Å². The first-order valence-electron chi connectivity index (χ1n) is 14.1. The fraction of sp³-hybridized carbons (Fsp3) is 0.531. The van der Waals surface area contributed by atoms with Crippen LogP contribution in [-0.2, 0) is 14.3 Å². The van der Waals surface area contributed by atoms with E-state index in [1.54, 1.807) is 32.6 Å². The van der Waals surface area contributed by atoms with E-state index in [1.807, 2.05) is 63.2 Å². The molecule has 214 valence electrons. The van der Waals surface area contributed by atoms with Crippen molar-refractivity contribution in [1.82, 2.24) is 10.2 Å². The van der Waals surface area contributed by atoms with Crippen molar-refractivity contribution in [3.05, 3.63) is 64.7 Å². The Balaban J connectivity index is 2.47. The number of benzene rings is 2. The van der Waals surface area contributed by atoms with Crippen molar-refractivity contribution < 1.29 is 19.1 Å². The van der Waals surface area contributed by atoms with E-state index in [0.717, 1.165) is 60.0 Å². The highest BCUT2D eigenvalue weighted by Gasteiger charge is 2.35. The number of carbonyl (C=O) groups excluding carboxylic acids is 3. The average Bonchev–Trinajstić information content (AvgIpc) is 2.84. The van der Waals surface area contributed by atoms with Crippen molar-refractivity contribution in [1.29, 1.82) is 0 Å². The summed E-state index contributed by atoms with van der Waals surface area (Å²) in [6.45, 7) is 15.3. The summed E-state index contributed by atoms with van der Waals surface area (Å²) in [5, 5.41) is 5.79. The maximum Gasteiger partial charge on any atom is 0.408 e. The highest BCUT2D eigenvalue weighted by molar-refractivity contribution is 6.00. The summed E-state index contributed by atoms with van der Waals surface area (Å²) in [6, 6.07) is 11.8. The lowest BCUT2D eigenvalue weighted by Crippen LogP contribution is -2.51. The Hall–Kier alpha value is -3.35. The van der Waals surface area contributed by atoms with Gasteiger partial charge in [0.05, 0.1) is 0 Å². The molecule has 0 aliphatic rings. The molecule has 7 heteroatoms. The molecule has 3 amide bonds. The minimum Gasteiger partial charge on any atom is -0.444 e. The van der Waals surface area contributed by atoms with Gasteiger partial charge in [-0.15, -0.1) is 0 Å². The molecule has 2 atom stereocenters. The van der Waals surface area contributed by atoms with E-state index < -0.39 is 23.8 Å². The Labute approximate surface area is 234 Å². The molecule has 2 N–H and O–H groups in total. The molecule has 0 saturated heterocycles. The predicted octanol–water partition coefficient (Wildman–Crippen LogP) is 7.00. The molecule has 2 aromatic rings. The molecule has 0 saturated carbocycles. The van der Waals surface area contributed by atoms with Gasteiger partial charge in [0.25, 0.3) is 5.91 Å². The fourth-order valence-electron chi connectivity index (χ4n) is 4.59. The lowest BCUT2D eigenvalue weighted by molar-refractivity contribution is -0.140. The number of para-hydroxylation sites is 1. The summed E-state index contributed by atoms with van der Waals surface area (Å²) in [4.78, 5) is 42.1. The van der Waals surface area contributed by atoms with Crippen LogP contribution in [0.3, 0.4) is 0 Å². The molecule has 0 aliphatic carbocycles. The maximum atomic E-state index is 14.1. The number of anilines is 1. The number of amides is 3. The van der Waals surface area contributed by atoms with Crippen LogP contribution in [0.15, 0.2) is 42.5 Å². The zero-order valence-corrected chi connectivity index (χ0v) is 25.0. The average molecular weight is 538 g/mol. The lowest BCUT2D eigenvalue weighted by atomic mass is 9.97. The van der Waals surface area contributed by atoms with Crippen LogP contribution in [0.2, 0.25) is 0 Å². The molecule has 2 unspecified atom stereocenters. The first-order valence-corrected chi connectivity index (χ1v) is 14.1. The number of ether oxygens (including phenoxy) is 1. The third kappa shape index (κ3) is 9.72. The number of aryl methyl sites for hydroxylation is 3. The monoisotopic (exact) mass is 537 g/mol. The second kappa shape index (κ2) is 14.7. The summed E-state index contributed by atoms with van der Waals surface area (Å²) >= 11 is 0. The summed E-state index contributed by atoms with van der Waals surface area (Å²) in [7, 11) is 0. The Kier molecular flexibility index (Phi) is 12.0. The molecule has 0 bridgehead atoms. The Morgan fingerprint density at radius 3 is 2.05 bits per heavy atom. The smallest absolute Gasteiger partial charge is 0.408 e. The first kappa shape index (κ1) is 31.9. The van der Waals surface area contributed by atoms with Gasteiger partial charge in [0.15, 0.2) is 0 Å². The number of rotatable bonds is 12. The second-order valence-electron chi connectivity index (χ2n) is 11.3. The zero-order valence-electron chi connectivity index (χ0n) is 25.0. The molecule has 2 rings (SSSR count). The van der Waals surface area contributed by atoms with E-state index in [2.05, 4.69) is 17.6 Å². The van der Waals surface area contributed by atoms with Crippen molar-refractivity contribution in [3.8, 4) is 0 Å². The normalized spacial score (nSPS) is 12.8. The number of nitrogens with zero attached hydrogens (tertiary/aromatic N) is 1. The standard InChI is InChI=1S/C32H47N3O4/c1-9-10-11-12-15-21-35(30(37)25(5)33-31(38)39-32(6,7)8)28(26-20-14-13-17-22(26)2)29(36)34-27-23(3)18-16-19-24(27)4/h13-14,16-20,25,28H,9-12,15,21H2,1-8H3,(H,33,38)(H,34,36). The van der Waals surface area contributed by atoms with Crippen molar-refractivity contribution in [2.75, 3.05) is 11.9 Å². The predicted molar refractivity (Wildman–Crippen MR) is 158 cm³/mol. The molecule has 0 fully saturated rings. The third-order valence-corrected chi connectivity index (χ3v) is 6.66. The minimum atomic E-state index is -0.880. The molecular weight excluding hydrogens is 490 g/mol. The van der Waals surface area contributed by atoms with E-state index in [0.29, 0.717) is 6.54 Å². The quantitative estimate of drug-likeness (QED) is 0.285. The van der Waals surface area contributed by atoms with Crippen LogP contribution >= 0.6 is 0 Å². The van der Waals surface area contributed by atoms with Crippen LogP contribution in [0.1, 0.15) is 95.0 Å². The molecule has 0 radical (unpaired) electrons. The highest BCUT2D eigenvalue weighted by Crippen LogP contribution is 2.29. The number of hydrogen-bond acceptors (Lipinski definition) is 4. The second-order valence-corrected chi connectivity index (χ2v) is 11.3. The zero-order chi connectivity index (χ0) is 29.2. The molecule has 0 aromatic heterocycles. The summed E-state index contributed by atoms with van der Waals surface area (Å²) in [6.07, 6.45) is 4.34. The highest BCUT2D eigenvalue weighted by atomic mass is 16.6. The number of unbranched alkanes of at least 4 members (excludes halogenated alkanes) is 4. The van der Waals surface area contributed by atoms with Gasteiger partial charge in [0, 0.05) is 12.2 Å². The van der Waals surface area contributed by atoms with E-state index in [4.69, 9.17) is 4.74 Å². The van der Waals surface area contributed by atoms with Gasteiger partial charge in [-0.3, -0.25) is 9.59 Å². The molecule has 0 spiro atoms. The fourth-order valence-corrected chi connectivity index (χ4v) is 4.59. The van der Waals surface area contributed by atoms with Crippen LogP contribution in [0, 0.1) is 20.8 Å². The summed E-state index contributed by atoms with van der Waals surface area (Å²) in [5.41, 5.74) is 3.62.